The van der Waals surface area contributed by atoms with Crippen LogP contribution >= 0.6 is 0 Å². The minimum absolute atomic E-state index is 0.0421. The van der Waals surface area contributed by atoms with Gasteiger partial charge in [0, 0.05) is 36.2 Å². The van der Waals surface area contributed by atoms with Crippen LogP contribution in [0.1, 0.15) is 61.9 Å². The van der Waals surface area contributed by atoms with Crippen molar-refractivity contribution in [3.8, 4) is 5.75 Å². The van der Waals surface area contributed by atoms with Crippen LogP contribution in [0.5, 0.6) is 5.75 Å². The molecule has 3 heterocycles. The van der Waals surface area contributed by atoms with Crippen LogP contribution in [-0.4, -0.2) is 71.3 Å². The Morgan fingerprint density at radius 2 is 1.91 bits per heavy atom. The standard InChI is InChI=1S/C26H34N4O5/c1-16(2)17-8-10-29(11-9-17)13-18(27)12-19(31)15-35-23-5-3-4-20-21(23)14-30(26(20)34)22-6-7-24(32)28-25(22)33/h3-5,16-17,22,27H,6-15H2,1-2H3,(H,28,32,33). The van der Waals surface area contributed by atoms with E-state index in [1.165, 1.54) is 4.90 Å². The van der Waals surface area contributed by atoms with Gasteiger partial charge in [-0.05, 0) is 56.3 Å². The number of ketones is 1. The van der Waals surface area contributed by atoms with Crippen molar-refractivity contribution >= 4 is 29.2 Å². The Labute approximate surface area is 205 Å². The second kappa shape index (κ2) is 10.7. The van der Waals surface area contributed by atoms with Crippen molar-refractivity contribution in [1.29, 1.82) is 5.41 Å². The summed E-state index contributed by atoms with van der Waals surface area (Å²) in [6.45, 7) is 6.95. The quantitative estimate of drug-likeness (QED) is 0.411. The number of fused-ring (bicyclic) bond motifs is 1. The van der Waals surface area contributed by atoms with Gasteiger partial charge < -0.3 is 15.0 Å². The van der Waals surface area contributed by atoms with Gasteiger partial charge in [-0.1, -0.05) is 19.9 Å². The van der Waals surface area contributed by atoms with Gasteiger partial charge in [-0.2, -0.15) is 0 Å². The molecular weight excluding hydrogens is 448 g/mol. The van der Waals surface area contributed by atoms with Gasteiger partial charge >= 0.3 is 0 Å². The maximum atomic E-state index is 12.9. The molecule has 3 amide bonds. The maximum absolute atomic E-state index is 12.9. The summed E-state index contributed by atoms with van der Waals surface area (Å²) in [7, 11) is 0. The summed E-state index contributed by atoms with van der Waals surface area (Å²) in [5, 5.41) is 10.6. The van der Waals surface area contributed by atoms with Crippen molar-refractivity contribution in [2.75, 3.05) is 26.2 Å². The smallest absolute Gasteiger partial charge is 0.255 e. The molecule has 0 saturated carbocycles. The van der Waals surface area contributed by atoms with Crippen LogP contribution in [0.25, 0.3) is 0 Å². The number of amides is 3. The highest BCUT2D eigenvalue weighted by Crippen LogP contribution is 2.33. The number of ether oxygens (including phenoxy) is 1. The molecule has 9 nitrogen and oxygen atoms in total. The van der Waals surface area contributed by atoms with Crippen LogP contribution < -0.4 is 10.1 Å². The molecule has 4 rings (SSSR count). The fraction of sp³-hybridized carbons (Fsp3) is 0.577. The van der Waals surface area contributed by atoms with Crippen molar-refractivity contribution in [2.45, 2.75) is 58.5 Å². The molecule has 0 bridgehead atoms. The summed E-state index contributed by atoms with van der Waals surface area (Å²) >= 11 is 0. The van der Waals surface area contributed by atoms with Gasteiger partial charge in [0.15, 0.2) is 5.78 Å². The zero-order valence-electron chi connectivity index (χ0n) is 20.5. The molecule has 2 N–H and O–H groups in total. The van der Waals surface area contributed by atoms with Crippen molar-refractivity contribution in [3.63, 3.8) is 0 Å². The lowest BCUT2D eigenvalue weighted by atomic mass is 9.86. The zero-order valence-corrected chi connectivity index (χ0v) is 20.5. The molecule has 0 spiro atoms. The SMILES string of the molecule is CC(C)C1CCN(CC(=N)CC(=O)COc2cccc3c2CN(C2CCC(=O)NC2=O)C3=O)CC1. The molecule has 3 aliphatic heterocycles. The average Bonchev–Trinajstić information content (AvgIpc) is 3.15. The summed E-state index contributed by atoms with van der Waals surface area (Å²) in [6.07, 6.45) is 2.79. The number of piperidine rings is 2. The summed E-state index contributed by atoms with van der Waals surface area (Å²) in [6, 6.07) is 4.37. The van der Waals surface area contributed by atoms with E-state index in [9.17, 15) is 19.2 Å². The first-order valence-corrected chi connectivity index (χ1v) is 12.4. The van der Waals surface area contributed by atoms with Gasteiger partial charge in [-0.15, -0.1) is 0 Å². The lowest BCUT2D eigenvalue weighted by molar-refractivity contribution is -0.137. The Bertz CT molecular complexity index is 1030. The summed E-state index contributed by atoms with van der Waals surface area (Å²) in [4.78, 5) is 52.8. The number of Topliss-reactive ketones (excluding diaryl/α,β-unsaturated/α-hetero) is 1. The Morgan fingerprint density at radius 3 is 2.60 bits per heavy atom. The summed E-state index contributed by atoms with van der Waals surface area (Å²) in [5.74, 6) is 0.587. The molecule has 1 unspecified atom stereocenters. The van der Waals surface area contributed by atoms with E-state index >= 15 is 0 Å². The Balaban J connectivity index is 1.29. The third-order valence-electron chi connectivity index (χ3n) is 7.33. The first-order chi connectivity index (χ1) is 16.7. The lowest BCUT2D eigenvalue weighted by Crippen LogP contribution is -2.52. The zero-order chi connectivity index (χ0) is 25.1. The van der Waals surface area contributed by atoms with E-state index in [0.717, 1.165) is 31.8 Å². The van der Waals surface area contributed by atoms with Crippen LogP contribution in [-0.2, 0) is 20.9 Å². The molecule has 1 atom stereocenters. The first-order valence-electron chi connectivity index (χ1n) is 12.4. The number of nitrogens with zero attached hydrogens (tertiary/aromatic N) is 2. The van der Waals surface area contributed by atoms with E-state index in [-0.39, 0.29) is 50.0 Å². The molecule has 0 radical (unpaired) electrons. The highest BCUT2D eigenvalue weighted by atomic mass is 16.5. The second-order valence-electron chi connectivity index (χ2n) is 10.1. The van der Waals surface area contributed by atoms with Gasteiger partial charge in [0.1, 0.15) is 18.4 Å². The summed E-state index contributed by atoms with van der Waals surface area (Å²) in [5.41, 5.74) is 1.47. The average molecular weight is 483 g/mol. The molecule has 188 valence electrons. The molecule has 3 aliphatic rings. The molecule has 1 aromatic carbocycles. The van der Waals surface area contributed by atoms with Gasteiger partial charge in [-0.3, -0.25) is 29.4 Å². The molecule has 0 aromatic heterocycles. The van der Waals surface area contributed by atoms with Crippen molar-refractivity contribution in [3.05, 3.63) is 29.3 Å². The number of rotatable bonds is 9. The van der Waals surface area contributed by atoms with E-state index in [2.05, 4.69) is 24.1 Å². The molecule has 2 saturated heterocycles. The summed E-state index contributed by atoms with van der Waals surface area (Å²) < 4.78 is 5.78. The van der Waals surface area contributed by atoms with E-state index in [1.807, 2.05) is 0 Å². The number of nitrogens with one attached hydrogen (secondary N) is 2. The number of hydrogen-bond acceptors (Lipinski definition) is 7. The van der Waals surface area contributed by atoms with Gasteiger partial charge in [-0.25, -0.2) is 0 Å². The fourth-order valence-electron chi connectivity index (χ4n) is 5.24. The van der Waals surface area contributed by atoms with Crippen LogP contribution in [0.15, 0.2) is 18.2 Å². The molecule has 2 fully saturated rings. The third-order valence-corrected chi connectivity index (χ3v) is 7.33. The van der Waals surface area contributed by atoms with E-state index in [4.69, 9.17) is 10.1 Å². The second-order valence-corrected chi connectivity index (χ2v) is 10.1. The van der Waals surface area contributed by atoms with Gasteiger partial charge in [0.2, 0.25) is 11.8 Å². The first kappa shape index (κ1) is 25.0. The van der Waals surface area contributed by atoms with Crippen molar-refractivity contribution in [1.82, 2.24) is 15.1 Å². The lowest BCUT2D eigenvalue weighted by Gasteiger charge is -2.33. The number of carbonyl (C=O) groups is 4. The topological polar surface area (TPSA) is 120 Å². The molecule has 1 aromatic rings. The Morgan fingerprint density at radius 1 is 1.17 bits per heavy atom. The van der Waals surface area contributed by atoms with Crippen LogP contribution in [0.3, 0.4) is 0 Å². The number of benzene rings is 1. The van der Waals surface area contributed by atoms with Gasteiger partial charge in [0.25, 0.3) is 5.91 Å². The Kier molecular flexibility index (Phi) is 7.64. The van der Waals surface area contributed by atoms with Crippen molar-refractivity contribution < 1.29 is 23.9 Å². The minimum Gasteiger partial charge on any atom is -0.485 e. The van der Waals surface area contributed by atoms with E-state index in [1.54, 1.807) is 18.2 Å². The highest BCUT2D eigenvalue weighted by Gasteiger charge is 2.40. The number of likely N-dealkylation sites (tertiary alicyclic amines) is 1. The fourth-order valence-corrected chi connectivity index (χ4v) is 5.24. The number of hydrogen-bond donors (Lipinski definition) is 2. The predicted molar refractivity (Wildman–Crippen MR) is 129 cm³/mol. The molecule has 0 aliphatic carbocycles. The van der Waals surface area contributed by atoms with Crippen LogP contribution in [0.4, 0.5) is 0 Å². The maximum Gasteiger partial charge on any atom is 0.255 e. The van der Waals surface area contributed by atoms with Crippen LogP contribution in [0, 0.1) is 17.2 Å². The third kappa shape index (κ3) is 5.78. The molecule has 35 heavy (non-hydrogen) atoms. The molecular formula is C26H34N4O5. The molecule has 9 heteroatoms. The van der Waals surface area contributed by atoms with Crippen molar-refractivity contribution in [2.24, 2.45) is 11.8 Å². The van der Waals surface area contributed by atoms with E-state index < -0.39 is 11.9 Å². The number of carbonyl (C=O) groups excluding carboxylic acids is 4. The Hall–Kier alpha value is -3.07. The monoisotopic (exact) mass is 482 g/mol. The minimum atomic E-state index is -0.701. The van der Waals surface area contributed by atoms with E-state index in [0.29, 0.717) is 35.1 Å². The normalized spacial score (nSPS) is 21.3. The predicted octanol–water partition coefficient (Wildman–Crippen LogP) is 2.17. The highest BCUT2D eigenvalue weighted by molar-refractivity contribution is 6.06. The number of imide groups is 1. The van der Waals surface area contributed by atoms with Crippen LogP contribution in [0.2, 0.25) is 0 Å². The van der Waals surface area contributed by atoms with Gasteiger partial charge in [0.05, 0.1) is 6.54 Å². The largest absolute Gasteiger partial charge is 0.485 e.